The van der Waals surface area contributed by atoms with Gasteiger partial charge >= 0.3 is 0 Å². The molecule has 0 saturated heterocycles. The number of furan rings is 1. The van der Waals surface area contributed by atoms with Crippen LogP contribution in [-0.2, 0) is 0 Å². The highest BCUT2D eigenvalue weighted by Gasteiger charge is 2.18. The maximum atomic E-state index is 12.7. The van der Waals surface area contributed by atoms with E-state index in [2.05, 4.69) is 26.0 Å². The molecule has 2 aromatic carbocycles. The van der Waals surface area contributed by atoms with Crippen LogP contribution in [0.4, 0.5) is 5.69 Å². The van der Waals surface area contributed by atoms with E-state index < -0.39 is 0 Å². The summed E-state index contributed by atoms with van der Waals surface area (Å²) in [4.78, 5) is 14.3. The molecule has 0 saturated carbocycles. The van der Waals surface area contributed by atoms with Gasteiger partial charge in [0.15, 0.2) is 5.76 Å². The third-order valence-corrected chi connectivity index (χ3v) is 4.30. The number of nitrogens with zero attached hydrogens (tertiary/aromatic N) is 1. The minimum atomic E-state index is -0.157. The van der Waals surface area contributed by atoms with Crippen LogP contribution >= 0.6 is 0 Å². The molecule has 0 radical (unpaired) electrons. The van der Waals surface area contributed by atoms with E-state index in [0.717, 1.165) is 16.8 Å². The summed E-state index contributed by atoms with van der Waals surface area (Å²) in [5.74, 6) is 0.891. The second-order valence-electron chi connectivity index (χ2n) is 6.17. The Kier molecular flexibility index (Phi) is 4.26. The highest BCUT2D eigenvalue weighted by atomic mass is 16.4. The standard InChI is InChI=1S/C21H21NO2/c1-14-6-5-7-18(12-14)22(4)21(23)20-11-10-19(24-20)17-9-8-15(2)16(3)13-17/h5-13H,1-4H3. The number of anilines is 1. The van der Waals surface area contributed by atoms with Crippen LogP contribution in [0.5, 0.6) is 0 Å². The zero-order valence-electron chi connectivity index (χ0n) is 14.5. The number of aryl methyl sites for hydroxylation is 3. The predicted molar refractivity (Wildman–Crippen MR) is 97.5 cm³/mol. The third-order valence-electron chi connectivity index (χ3n) is 4.30. The molecule has 0 fully saturated rings. The fourth-order valence-corrected chi connectivity index (χ4v) is 2.62. The van der Waals surface area contributed by atoms with Crippen LogP contribution in [0, 0.1) is 20.8 Å². The van der Waals surface area contributed by atoms with Crippen molar-refractivity contribution in [3.63, 3.8) is 0 Å². The zero-order chi connectivity index (χ0) is 17.3. The molecule has 0 spiro atoms. The van der Waals surface area contributed by atoms with Gasteiger partial charge in [0, 0.05) is 18.3 Å². The van der Waals surface area contributed by atoms with Crippen LogP contribution in [0.2, 0.25) is 0 Å². The lowest BCUT2D eigenvalue weighted by Gasteiger charge is -2.16. The molecule has 122 valence electrons. The lowest BCUT2D eigenvalue weighted by atomic mass is 10.1. The van der Waals surface area contributed by atoms with Crippen molar-refractivity contribution in [2.75, 3.05) is 11.9 Å². The highest BCUT2D eigenvalue weighted by molar-refractivity contribution is 6.04. The van der Waals surface area contributed by atoms with Gasteiger partial charge < -0.3 is 9.32 Å². The van der Waals surface area contributed by atoms with Crippen LogP contribution in [0.3, 0.4) is 0 Å². The Morgan fingerprint density at radius 3 is 2.42 bits per heavy atom. The van der Waals surface area contributed by atoms with E-state index in [0.29, 0.717) is 11.5 Å². The van der Waals surface area contributed by atoms with Gasteiger partial charge in [-0.25, -0.2) is 0 Å². The number of hydrogen-bond acceptors (Lipinski definition) is 2. The zero-order valence-corrected chi connectivity index (χ0v) is 14.5. The second kappa shape index (κ2) is 6.36. The first kappa shape index (κ1) is 16.1. The van der Waals surface area contributed by atoms with E-state index in [1.807, 2.05) is 43.3 Å². The van der Waals surface area contributed by atoms with E-state index in [1.165, 1.54) is 11.1 Å². The van der Waals surface area contributed by atoms with E-state index in [4.69, 9.17) is 4.42 Å². The van der Waals surface area contributed by atoms with Crippen LogP contribution in [0.15, 0.2) is 59.0 Å². The maximum Gasteiger partial charge on any atom is 0.293 e. The van der Waals surface area contributed by atoms with Gasteiger partial charge in [0.25, 0.3) is 5.91 Å². The van der Waals surface area contributed by atoms with Crippen molar-refractivity contribution in [2.24, 2.45) is 0 Å². The minimum Gasteiger partial charge on any atom is -0.451 e. The number of hydrogen-bond donors (Lipinski definition) is 0. The van der Waals surface area contributed by atoms with Crippen molar-refractivity contribution in [3.05, 3.63) is 77.0 Å². The molecular weight excluding hydrogens is 298 g/mol. The predicted octanol–water partition coefficient (Wildman–Crippen LogP) is 5.15. The normalized spacial score (nSPS) is 10.7. The smallest absolute Gasteiger partial charge is 0.293 e. The van der Waals surface area contributed by atoms with Gasteiger partial charge in [0.1, 0.15) is 5.76 Å². The molecule has 0 bridgehead atoms. The highest BCUT2D eigenvalue weighted by Crippen LogP contribution is 2.26. The van der Waals surface area contributed by atoms with Gasteiger partial charge in [-0.15, -0.1) is 0 Å². The molecule has 0 unspecified atom stereocenters. The Morgan fingerprint density at radius 1 is 0.917 bits per heavy atom. The van der Waals surface area contributed by atoms with Crippen molar-refractivity contribution < 1.29 is 9.21 Å². The van der Waals surface area contributed by atoms with Crippen LogP contribution in [0.25, 0.3) is 11.3 Å². The molecule has 0 aliphatic carbocycles. The lowest BCUT2D eigenvalue weighted by Crippen LogP contribution is -2.25. The molecule has 0 atom stereocenters. The molecule has 1 heterocycles. The molecular formula is C21H21NO2. The summed E-state index contributed by atoms with van der Waals surface area (Å²) in [6.45, 7) is 6.15. The number of amides is 1. The summed E-state index contributed by atoms with van der Waals surface area (Å²) < 4.78 is 5.81. The van der Waals surface area contributed by atoms with Crippen molar-refractivity contribution in [1.29, 1.82) is 0 Å². The van der Waals surface area contributed by atoms with Crippen LogP contribution < -0.4 is 4.90 Å². The molecule has 0 aliphatic heterocycles. The van der Waals surface area contributed by atoms with Gasteiger partial charge in [0.2, 0.25) is 0 Å². The first-order valence-electron chi connectivity index (χ1n) is 7.98. The Morgan fingerprint density at radius 2 is 1.71 bits per heavy atom. The number of rotatable bonds is 3. The van der Waals surface area contributed by atoms with Gasteiger partial charge in [-0.2, -0.15) is 0 Å². The first-order valence-corrected chi connectivity index (χ1v) is 7.98. The molecule has 1 amide bonds. The van der Waals surface area contributed by atoms with Gasteiger partial charge in [-0.3, -0.25) is 4.79 Å². The van der Waals surface area contributed by atoms with E-state index in [9.17, 15) is 4.79 Å². The molecule has 24 heavy (non-hydrogen) atoms. The lowest BCUT2D eigenvalue weighted by molar-refractivity contribution is 0.0967. The summed E-state index contributed by atoms with van der Waals surface area (Å²) in [6.07, 6.45) is 0. The van der Waals surface area contributed by atoms with Gasteiger partial charge in [-0.1, -0.05) is 24.3 Å². The fraction of sp³-hybridized carbons (Fsp3) is 0.190. The summed E-state index contributed by atoms with van der Waals surface area (Å²) in [6, 6.07) is 17.6. The third kappa shape index (κ3) is 3.11. The summed E-state index contributed by atoms with van der Waals surface area (Å²) in [7, 11) is 1.76. The minimum absolute atomic E-state index is 0.157. The molecule has 3 aromatic rings. The van der Waals surface area contributed by atoms with E-state index in [-0.39, 0.29) is 5.91 Å². The monoisotopic (exact) mass is 319 g/mol. The summed E-state index contributed by atoms with van der Waals surface area (Å²) in [5, 5.41) is 0. The Hall–Kier alpha value is -2.81. The van der Waals surface area contributed by atoms with E-state index >= 15 is 0 Å². The van der Waals surface area contributed by atoms with Crippen molar-refractivity contribution >= 4 is 11.6 Å². The van der Waals surface area contributed by atoms with Crippen molar-refractivity contribution in [3.8, 4) is 11.3 Å². The van der Waals surface area contributed by atoms with Crippen molar-refractivity contribution in [2.45, 2.75) is 20.8 Å². The van der Waals surface area contributed by atoms with Crippen molar-refractivity contribution in [1.82, 2.24) is 0 Å². The molecule has 0 N–H and O–H groups in total. The molecule has 3 rings (SSSR count). The average Bonchev–Trinajstić information content (AvgIpc) is 3.06. The SMILES string of the molecule is Cc1cccc(N(C)C(=O)c2ccc(-c3ccc(C)c(C)c3)o2)c1. The van der Waals surface area contributed by atoms with Crippen LogP contribution in [0.1, 0.15) is 27.2 Å². The number of carbonyl (C=O) groups is 1. The Balaban J connectivity index is 1.87. The van der Waals surface area contributed by atoms with Gasteiger partial charge in [-0.05, 0) is 67.8 Å². The number of carbonyl (C=O) groups excluding carboxylic acids is 1. The van der Waals surface area contributed by atoms with E-state index in [1.54, 1.807) is 18.0 Å². The Bertz CT molecular complexity index is 892. The van der Waals surface area contributed by atoms with Crippen LogP contribution in [-0.4, -0.2) is 13.0 Å². The Labute approximate surface area is 142 Å². The fourth-order valence-electron chi connectivity index (χ4n) is 2.62. The first-order chi connectivity index (χ1) is 11.5. The topological polar surface area (TPSA) is 33.5 Å². The molecule has 1 aromatic heterocycles. The average molecular weight is 319 g/mol. The summed E-state index contributed by atoms with van der Waals surface area (Å²) in [5.41, 5.74) is 5.39. The second-order valence-corrected chi connectivity index (χ2v) is 6.17. The summed E-state index contributed by atoms with van der Waals surface area (Å²) >= 11 is 0. The quantitative estimate of drug-likeness (QED) is 0.669. The maximum absolute atomic E-state index is 12.7. The van der Waals surface area contributed by atoms with Gasteiger partial charge in [0.05, 0.1) is 0 Å². The molecule has 3 nitrogen and oxygen atoms in total. The number of benzene rings is 2. The molecule has 3 heteroatoms. The largest absolute Gasteiger partial charge is 0.451 e. The molecule has 0 aliphatic rings.